The van der Waals surface area contributed by atoms with E-state index in [1.54, 1.807) is 0 Å². The van der Waals surface area contributed by atoms with Gasteiger partial charge in [-0.25, -0.2) is 9.97 Å². The lowest BCUT2D eigenvalue weighted by molar-refractivity contribution is 0.969. The van der Waals surface area contributed by atoms with Crippen molar-refractivity contribution in [3.63, 3.8) is 0 Å². The summed E-state index contributed by atoms with van der Waals surface area (Å²) in [6, 6.07) is 16.6. The molecule has 3 heteroatoms. The molecule has 0 radical (unpaired) electrons. The molecule has 2 heterocycles. The fourth-order valence-corrected chi connectivity index (χ4v) is 3.01. The van der Waals surface area contributed by atoms with E-state index < -0.39 is 0 Å². The minimum atomic E-state index is 0.764. The van der Waals surface area contributed by atoms with Crippen molar-refractivity contribution in [2.24, 2.45) is 7.05 Å². The van der Waals surface area contributed by atoms with Gasteiger partial charge in [-0.3, -0.25) is 0 Å². The van der Waals surface area contributed by atoms with Crippen molar-refractivity contribution in [1.29, 1.82) is 0 Å². The van der Waals surface area contributed by atoms with Gasteiger partial charge in [0.15, 0.2) is 0 Å². The van der Waals surface area contributed by atoms with Crippen LogP contribution in [0.15, 0.2) is 61.3 Å². The van der Waals surface area contributed by atoms with Gasteiger partial charge < -0.3 is 4.57 Å². The van der Waals surface area contributed by atoms with Gasteiger partial charge >= 0.3 is 0 Å². The molecule has 2 aromatic carbocycles. The third-order valence-electron chi connectivity index (χ3n) is 4.24. The summed E-state index contributed by atoms with van der Waals surface area (Å²) in [5, 5.41) is 2.27. The Morgan fingerprint density at radius 3 is 2.74 bits per heavy atom. The maximum Gasteiger partial charge on any atom is 0.126 e. The summed E-state index contributed by atoms with van der Waals surface area (Å²) in [6.45, 7) is 6.23. The molecule has 0 unspecified atom stereocenters. The summed E-state index contributed by atoms with van der Waals surface area (Å²) in [7, 11) is 2.05. The molecule has 0 bridgehead atoms. The predicted octanol–water partition coefficient (Wildman–Crippen LogP) is 4.49. The fourth-order valence-electron chi connectivity index (χ4n) is 3.01. The maximum atomic E-state index is 4.65. The number of aryl methyl sites for hydroxylation is 2. The Kier molecular flexibility index (Phi) is 3.01. The van der Waals surface area contributed by atoms with Crippen molar-refractivity contribution in [1.82, 2.24) is 14.5 Å². The summed E-state index contributed by atoms with van der Waals surface area (Å²) >= 11 is 0. The number of hydrogen-bond acceptors (Lipinski definition) is 2. The van der Waals surface area contributed by atoms with Crippen molar-refractivity contribution in [2.75, 3.05) is 0 Å². The molecule has 0 saturated heterocycles. The number of benzene rings is 2. The van der Waals surface area contributed by atoms with Crippen molar-refractivity contribution < 1.29 is 0 Å². The molecule has 0 aliphatic rings. The monoisotopic (exact) mass is 299 g/mol. The van der Waals surface area contributed by atoms with E-state index in [4.69, 9.17) is 0 Å². The first-order chi connectivity index (χ1) is 11.1. The van der Waals surface area contributed by atoms with Gasteiger partial charge in [-0.1, -0.05) is 36.9 Å². The lowest BCUT2D eigenvalue weighted by Crippen LogP contribution is -1.98. The van der Waals surface area contributed by atoms with Crippen molar-refractivity contribution in [3.8, 4) is 0 Å². The molecule has 0 fully saturated rings. The number of fused-ring (bicyclic) bond motifs is 2. The second-order valence-corrected chi connectivity index (χ2v) is 5.82. The number of nitrogens with zero attached hydrogens (tertiary/aromatic N) is 3. The highest BCUT2D eigenvalue weighted by atomic mass is 14.9. The zero-order chi connectivity index (χ0) is 16.0. The molecule has 4 rings (SSSR count). The molecular formula is C20H17N3. The first-order valence-corrected chi connectivity index (χ1v) is 7.61. The van der Waals surface area contributed by atoms with E-state index in [1.807, 2.05) is 25.1 Å². The zero-order valence-corrected chi connectivity index (χ0v) is 13.2. The Balaban J connectivity index is 1.92. The normalized spacial score (nSPS) is 11.2. The molecule has 0 aliphatic heterocycles. The van der Waals surface area contributed by atoms with Crippen LogP contribution in [-0.2, 0) is 7.05 Å². The smallest absolute Gasteiger partial charge is 0.126 e. The highest BCUT2D eigenvalue weighted by Crippen LogP contribution is 2.28. The predicted molar refractivity (Wildman–Crippen MR) is 95.3 cm³/mol. The Morgan fingerprint density at radius 2 is 1.87 bits per heavy atom. The number of aromatic nitrogens is 3. The summed E-state index contributed by atoms with van der Waals surface area (Å²) in [5.74, 6) is 0.764. The average molecular weight is 299 g/mol. The fraction of sp³-hybridized carbons (Fsp3) is 0.100. The SMILES string of the molecule is C=C(c1ccc2ccn(C)c2c1)c1nc(C)nc2ccccc12. The Labute approximate surface area is 134 Å². The van der Waals surface area contributed by atoms with E-state index >= 15 is 0 Å². The van der Waals surface area contributed by atoms with Crippen molar-refractivity contribution in [3.05, 3.63) is 78.4 Å². The highest BCUT2D eigenvalue weighted by molar-refractivity contribution is 5.95. The van der Waals surface area contributed by atoms with Gasteiger partial charge in [0.2, 0.25) is 0 Å². The minimum absolute atomic E-state index is 0.764. The molecule has 0 saturated carbocycles. The number of rotatable bonds is 2. The number of hydrogen-bond donors (Lipinski definition) is 0. The van der Waals surface area contributed by atoms with Crippen LogP contribution >= 0.6 is 0 Å². The summed E-state index contributed by atoms with van der Waals surface area (Å²) < 4.78 is 2.12. The van der Waals surface area contributed by atoms with Crippen LogP contribution in [0.2, 0.25) is 0 Å². The molecule has 2 aromatic heterocycles. The molecule has 0 amide bonds. The van der Waals surface area contributed by atoms with Gasteiger partial charge in [-0.15, -0.1) is 0 Å². The average Bonchev–Trinajstić information content (AvgIpc) is 2.94. The highest BCUT2D eigenvalue weighted by Gasteiger charge is 2.11. The van der Waals surface area contributed by atoms with Crippen LogP contribution in [0.25, 0.3) is 27.4 Å². The van der Waals surface area contributed by atoms with Crippen molar-refractivity contribution in [2.45, 2.75) is 6.92 Å². The first-order valence-electron chi connectivity index (χ1n) is 7.61. The van der Waals surface area contributed by atoms with E-state index in [0.29, 0.717) is 0 Å². The van der Waals surface area contributed by atoms with Crippen LogP contribution in [-0.4, -0.2) is 14.5 Å². The quantitative estimate of drug-likeness (QED) is 0.546. The van der Waals surface area contributed by atoms with Crippen LogP contribution < -0.4 is 0 Å². The standard InChI is InChI=1S/C20H17N3/c1-13(16-9-8-15-10-11-23(3)19(15)12-16)20-17-6-4-5-7-18(17)21-14(2)22-20/h4-12H,1H2,2-3H3. The molecule has 112 valence electrons. The van der Waals surface area contributed by atoms with Gasteiger partial charge in [-0.05, 0) is 36.1 Å². The molecule has 0 aliphatic carbocycles. The Hall–Kier alpha value is -2.94. The molecule has 0 N–H and O–H groups in total. The molecular weight excluding hydrogens is 282 g/mol. The molecule has 23 heavy (non-hydrogen) atoms. The van der Waals surface area contributed by atoms with E-state index in [2.05, 4.69) is 64.7 Å². The summed E-state index contributed by atoms with van der Waals surface area (Å²) in [6.07, 6.45) is 2.07. The van der Waals surface area contributed by atoms with Gasteiger partial charge in [0.1, 0.15) is 5.82 Å². The molecule has 0 spiro atoms. The molecule has 4 aromatic rings. The topological polar surface area (TPSA) is 30.7 Å². The van der Waals surface area contributed by atoms with Crippen molar-refractivity contribution >= 4 is 27.4 Å². The number of para-hydroxylation sites is 1. The van der Waals surface area contributed by atoms with Crippen LogP contribution in [0, 0.1) is 6.92 Å². The van der Waals surface area contributed by atoms with Crippen LogP contribution in [0.4, 0.5) is 0 Å². The zero-order valence-electron chi connectivity index (χ0n) is 13.2. The Morgan fingerprint density at radius 1 is 1.04 bits per heavy atom. The second-order valence-electron chi connectivity index (χ2n) is 5.82. The summed E-state index contributed by atoms with van der Waals surface area (Å²) in [4.78, 5) is 9.16. The maximum absolute atomic E-state index is 4.65. The van der Waals surface area contributed by atoms with E-state index in [-0.39, 0.29) is 0 Å². The van der Waals surface area contributed by atoms with Gasteiger partial charge in [0, 0.05) is 29.7 Å². The Bertz CT molecular complexity index is 1060. The first kappa shape index (κ1) is 13.7. The second kappa shape index (κ2) is 5.06. The van der Waals surface area contributed by atoms with E-state index in [9.17, 15) is 0 Å². The third-order valence-corrected chi connectivity index (χ3v) is 4.24. The van der Waals surface area contributed by atoms with E-state index in [0.717, 1.165) is 33.6 Å². The minimum Gasteiger partial charge on any atom is -0.351 e. The largest absolute Gasteiger partial charge is 0.351 e. The molecule has 3 nitrogen and oxygen atoms in total. The van der Waals surface area contributed by atoms with Gasteiger partial charge in [0.25, 0.3) is 0 Å². The van der Waals surface area contributed by atoms with Crippen LogP contribution in [0.5, 0.6) is 0 Å². The third kappa shape index (κ3) is 2.21. The van der Waals surface area contributed by atoms with Crippen LogP contribution in [0.1, 0.15) is 17.1 Å². The van der Waals surface area contributed by atoms with Gasteiger partial charge in [0.05, 0.1) is 11.2 Å². The lowest BCUT2D eigenvalue weighted by atomic mass is 10.00. The van der Waals surface area contributed by atoms with Gasteiger partial charge in [-0.2, -0.15) is 0 Å². The van der Waals surface area contributed by atoms with E-state index in [1.165, 1.54) is 10.9 Å². The molecule has 0 atom stereocenters. The lowest BCUT2D eigenvalue weighted by Gasteiger charge is -2.10. The van der Waals surface area contributed by atoms with Crippen LogP contribution in [0.3, 0.4) is 0 Å². The summed E-state index contributed by atoms with van der Waals surface area (Å²) in [5.41, 5.74) is 5.06.